The minimum Gasteiger partial charge on any atom is -0.478 e. The average Bonchev–Trinajstić information content (AvgIpc) is 3.29. The summed E-state index contributed by atoms with van der Waals surface area (Å²) in [6.45, 7) is 8.84. The lowest BCUT2D eigenvalue weighted by Gasteiger charge is -2.38. The first-order valence-electron chi connectivity index (χ1n) is 22.3. The van der Waals surface area contributed by atoms with Crippen LogP contribution < -0.4 is 20.7 Å². The SMILES string of the molecule is CN(C)c1ccc2c(c1)[Si](C)(C)C1=CC(=[N+](C)C)C=CC1=C2c1cc(C(=O)NCCOCCOCCOCCC(=O)CCCOCCOCCNc2ccccc2[N+](=O)[O-])ccc1C(=O)O. The summed E-state index contributed by atoms with van der Waals surface area (Å²) in [6.07, 6.45) is 7.69. The highest BCUT2D eigenvalue weighted by molar-refractivity contribution is 6.98. The molecule has 3 aromatic carbocycles. The molecule has 1 aliphatic carbocycles. The summed E-state index contributed by atoms with van der Waals surface area (Å²) < 4.78 is 29.9. The Labute approximate surface area is 388 Å². The van der Waals surface area contributed by atoms with Gasteiger partial charge in [-0.15, -0.1) is 0 Å². The zero-order chi connectivity index (χ0) is 47.6. The fraction of sp³-hybridized carbons (Fsp3) is 0.429. The van der Waals surface area contributed by atoms with Crippen molar-refractivity contribution < 1.29 is 52.7 Å². The molecule has 1 heterocycles. The number of Topliss-reactive ketones (excluding diaryl/α,β-unsaturated/α-hetero) is 1. The Morgan fingerprint density at radius 1 is 0.758 bits per heavy atom. The molecule has 16 nitrogen and oxygen atoms in total. The van der Waals surface area contributed by atoms with Crippen molar-refractivity contribution >= 4 is 59.3 Å². The number of aromatic carboxylic acids is 1. The van der Waals surface area contributed by atoms with E-state index in [1.165, 1.54) is 22.5 Å². The number of para-hydroxylation sites is 2. The van der Waals surface area contributed by atoms with Crippen LogP contribution in [-0.2, 0) is 28.5 Å². The lowest BCUT2D eigenvalue weighted by atomic mass is 9.86. The molecule has 5 rings (SSSR count). The first-order chi connectivity index (χ1) is 31.7. The molecule has 354 valence electrons. The van der Waals surface area contributed by atoms with Crippen molar-refractivity contribution in [3.05, 3.63) is 122 Å². The van der Waals surface area contributed by atoms with Crippen LogP contribution in [0.3, 0.4) is 0 Å². The molecule has 2 aliphatic rings. The van der Waals surface area contributed by atoms with Gasteiger partial charge in [-0.1, -0.05) is 31.3 Å². The number of ether oxygens (including phenoxy) is 5. The maximum Gasteiger partial charge on any atom is 0.336 e. The molecule has 0 unspecified atom stereocenters. The minimum atomic E-state index is -2.26. The molecule has 0 saturated carbocycles. The highest BCUT2D eigenvalue weighted by Gasteiger charge is 2.41. The number of nitrogens with zero attached hydrogens (tertiary/aromatic N) is 3. The summed E-state index contributed by atoms with van der Waals surface area (Å²) in [5, 5.41) is 29.8. The summed E-state index contributed by atoms with van der Waals surface area (Å²) in [6, 6.07) is 17.6. The van der Waals surface area contributed by atoms with E-state index in [1.807, 2.05) is 28.2 Å². The molecular formula is C49H64N5O11Si+. The van der Waals surface area contributed by atoms with Gasteiger partial charge in [-0.2, -0.15) is 0 Å². The summed E-state index contributed by atoms with van der Waals surface area (Å²) in [7, 11) is 5.78. The van der Waals surface area contributed by atoms with Gasteiger partial charge in [0.2, 0.25) is 0 Å². The number of fused-ring (bicyclic) bond motifs is 2. The summed E-state index contributed by atoms with van der Waals surface area (Å²) in [4.78, 5) is 51.1. The molecule has 0 bridgehead atoms. The molecule has 1 aliphatic heterocycles. The summed E-state index contributed by atoms with van der Waals surface area (Å²) in [5.74, 6) is -1.31. The smallest absolute Gasteiger partial charge is 0.336 e. The Hall–Kier alpha value is -5.82. The molecule has 66 heavy (non-hydrogen) atoms. The number of nitrogens with one attached hydrogen (secondary N) is 2. The zero-order valence-electron chi connectivity index (χ0n) is 39.0. The van der Waals surface area contributed by atoms with Crippen molar-refractivity contribution in [2.75, 3.05) is 118 Å². The predicted molar refractivity (Wildman–Crippen MR) is 259 cm³/mol. The number of anilines is 2. The lowest BCUT2D eigenvalue weighted by molar-refractivity contribution is -0.462. The second-order valence-electron chi connectivity index (χ2n) is 16.7. The first kappa shape index (κ1) is 51.2. The van der Waals surface area contributed by atoms with E-state index < -0.39 is 19.0 Å². The van der Waals surface area contributed by atoms with Gasteiger partial charge in [-0.25, -0.2) is 9.37 Å². The number of benzene rings is 3. The van der Waals surface area contributed by atoms with Gasteiger partial charge in [0.25, 0.3) is 11.6 Å². The van der Waals surface area contributed by atoms with Crippen molar-refractivity contribution in [1.82, 2.24) is 5.32 Å². The van der Waals surface area contributed by atoms with Crippen LogP contribution in [0.5, 0.6) is 0 Å². The standard InChI is InChI=1S/C49H63N5O11Si/c1-52(2)36-14-17-40-45(33-36)66(5,6)46-34-37(53(3)4)15-18-41(46)47(40)42-32-35(13-16-39(42)49(57)58)48(56)51-21-25-64-29-31-65-30-27-62-23-19-38(55)10-9-22-61-26-28-63-24-20-50-43-11-7-8-12-44(43)54(59)60/h7-8,11-18,32-34,50H,9-10,19-31H2,1-6H3,(H-,51,56,57,58)/p+1. The van der Waals surface area contributed by atoms with Crippen LogP contribution in [0.4, 0.5) is 17.1 Å². The number of carbonyl (C=O) groups is 3. The third kappa shape index (κ3) is 14.1. The van der Waals surface area contributed by atoms with Crippen molar-refractivity contribution in [1.29, 1.82) is 0 Å². The molecule has 0 fully saturated rings. The maximum absolute atomic E-state index is 13.5. The Morgan fingerprint density at radius 2 is 1.41 bits per heavy atom. The van der Waals surface area contributed by atoms with Gasteiger partial charge in [0.05, 0.1) is 69.9 Å². The van der Waals surface area contributed by atoms with Crippen LogP contribution in [0.1, 0.15) is 51.1 Å². The number of carboxylic acid groups (broad SMARTS) is 1. The summed E-state index contributed by atoms with van der Waals surface area (Å²) >= 11 is 0. The van der Waals surface area contributed by atoms with Crippen LogP contribution in [0.25, 0.3) is 5.57 Å². The van der Waals surface area contributed by atoms with E-state index in [2.05, 4.69) is 69.6 Å². The van der Waals surface area contributed by atoms with Crippen molar-refractivity contribution in [2.45, 2.75) is 32.4 Å². The third-order valence-corrected chi connectivity index (χ3v) is 14.8. The van der Waals surface area contributed by atoms with E-state index in [1.54, 1.807) is 30.3 Å². The zero-order valence-corrected chi connectivity index (χ0v) is 40.0. The monoisotopic (exact) mass is 926 g/mol. The molecule has 0 radical (unpaired) electrons. The second kappa shape index (κ2) is 25.2. The van der Waals surface area contributed by atoms with E-state index in [0.29, 0.717) is 102 Å². The molecule has 0 saturated heterocycles. The highest BCUT2D eigenvalue weighted by Crippen LogP contribution is 2.43. The van der Waals surface area contributed by atoms with Crippen LogP contribution >= 0.6 is 0 Å². The van der Waals surface area contributed by atoms with E-state index in [0.717, 1.165) is 28.1 Å². The Kier molecular flexibility index (Phi) is 19.5. The minimum absolute atomic E-state index is 0.0194. The number of ketones is 1. The molecule has 3 aromatic rings. The van der Waals surface area contributed by atoms with E-state index in [9.17, 15) is 29.6 Å². The number of rotatable bonds is 28. The second-order valence-corrected chi connectivity index (χ2v) is 21.1. The highest BCUT2D eigenvalue weighted by atomic mass is 28.3. The lowest BCUT2D eigenvalue weighted by Crippen LogP contribution is -2.49. The predicted octanol–water partition coefficient (Wildman–Crippen LogP) is 5.50. The molecule has 17 heteroatoms. The Balaban J connectivity index is 0.965. The van der Waals surface area contributed by atoms with Crippen LogP contribution in [0, 0.1) is 10.1 Å². The molecule has 0 spiro atoms. The summed E-state index contributed by atoms with van der Waals surface area (Å²) in [5.41, 5.74) is 6.34. The van der Waals surface area contributed by atoms with E-state index in [-0.39, 0.29) is 36.1 Å². The topological polar surface area (TPSA) is 191 Å². The number of amides is 1. The van der Waals surface area contributed by atoms with Gasteiger partial charge >= 0.3 is 5.97 Å². The number of carboxylic acids is 1. The Morgan fingerprint density at radius 3 is 2.08 bits per heavy atom. The first-order valence-corrected chi connectivity index (χ1v) is 25.3. The molecule has 0 aromatic heterocycles. The average molecular weight is 927 g/mol. The molecule has 3 N–H and O–H groups in total. The van der Waals surface area contributed by atoms with Gasteiger partial charge in [-0.3, -0.25) is 19.7 Å². The van der Waals surface area contributed by atoms with Gasteiger partial charge in [0.15, 0.2) is 5.71 Å². The van der Waals surface area contributed by atoms with E-state index >= 15 is 0 Å². The molecule has 0 atom stereocenters. The van der Waals surface area contributed by atoms with Crippen LogP contribution in [-0.4, -0.2) is 153 Å². The quantitative estimate of drug-likeness (QED) is 0.0272. The van der Waals surface area contributed by atoms with E-state index in [4.69, 9.17) is 23.7 Å². The van der Waals surface area contributed by atoms with Crippen molar-refractivity contribution in [3.63, 3.8) is 0 Å². The normalized spacial score (nSPS) is 13.7. The van der Waals surface area contributed by atoms with Crippen LogP contribution in [0.15, 0.2) is 89.7 Å². The largest absolute Gasteiger partial charge is 0.478 e. The fourth-order valence-electron chi connectivity index (χ4n) is 7.68. The van der Waals surface area contributed by atoms with Crippen LogP contribution in [0.2, 0.25) is 13.1 Å². The third-order valence-electron chi connectivity index (χ3n) is 11.3. The number of nitro benzene ring substituents is 1. The number of allylic oxidation sites excluding steroid dienone is 5. The van der Waals surface area contributed by atoms with Gasteiger partial charge < -0.3 is 44.3 Å². The molecule has 1 amide bonds. The van der Waals surface area contributed by atoms with Gasteiger partial charge in [0.1, 0.15) is 33.6 Å². The Bertz CT molecular complexity index is 2340. The maximum atomic E-state index is 13.5. The number of hydrogen-bond acceptors (Lipinski definition) is 12. The fourth-order valence-corrected chi connectivity index (χ4v) is 10.7. The number of hydrogen-bond donors (Lipinski definition) is 3. The van der Waals surface area contributed by atoms with Crippen molar-refractivity contribution in [2.24, 2.45) is 0 Å². The van der Waals surface area contributed by atoms with Crippen molar-refractivity contribution in [3.8, 4) is 0 Å². The van der Waals surface area contributed by atoms with Gasteiger partial charge in [0, 0.05) is 76.1 Å². The van der Waals surface area contributed by atoms with Gasteiger partial charge in [-0.05, 0) is 81.6 Å². The molecular weight excluding hydrogens is 863 g/mol. The number of carbonyl (C=O) groups excluding carboxylic acids is 2. The number of nitro groups is 1.